The summed E-state index contributed by atoms with van der Waals surface area (Å²) >= 11 is 0. The van der Waals surface area contributed by atoms with Gasteiger partial charge >= 0.3 is 0 Å². The van der Waals surface area contributed by atoms with E-state index in [0.29, 0.717) is 25.2 Å². The fourth-order valence-electron chi connectivity index (χ4n) is 3.85. The van der Waals surface area contributed by atoms with Crippen molar-refractivity contribution in [2.75, 3.05) is 13.2 Å². The first-order valence-corrected chi connectivity index (χ1v) is 9.88. The lowest BCUT2D eigenvalue weighted by molar-refractivity contribution is 0.0319. The summed E-state index contributed by atoms with van der Waals surface area (Å²) in [7, 11) is 0. The van der Waals surface area contributed by atoms with Crippen molar-refractivity contribution in [2.24, 2.45) is 5.73 Å². The van der Waals surface area contributed by atoms with E-state index in [-0.39, 0.29) is 6.61 Å². The maximum atomic E-state index is 8.98. The largest absolute Gasteiger partial charge is 0.396 e. The monoisotopic (exact) mass is 353 g/mol. The molecule has 3 heteroatoms. The highest BCUT2D eigenvalue weighted by molar-refractivity contribution is 5.36. The van der Waals surface area contributed by atoms with Gasteiger partial charge in [0.25, 0.3) is 0 Å². The van der Waals surface area contributed by atoms with E-state index >= 15 is 0 Å². The molecule has 140 valence electrons. The van der Waals surface area contributed by atoms with Crippen molar-refractivity contribution in [1.82, 2.24) is 0 Å². The van der Waals surface area contributed by atoms with Gasteiger partial charge in [-0.15, -0.1) is 0 Å². The van der Waals surface area contributed by atoms with Gasteiger partial charge in [-0.1, -0.05) is 55.0 Å². The van der Waals surface area contributed by atoms with E-state index < -0.39 is 0 Å². The predicted octanol–water partition coefficient (Wildman–Crippen LogP) is 3.97. The second-order valence-corrected chi connectivity index (χ2v) is 7.34. The van der Waals surface area contributed by atoms with Crippen LogP contribution in [0.15, 0.2) is 48.5 Å². The summed E-state index contributed by atoms with van der Waals surface area (Å²) in [5.41, 5.74) is 11.5. The molecule has 0 heterocycles. The number of benzene rings is 2. The van der Waals surface area contributed by atoms with Crippen LogP contribution in [0, 0.1) is 0 Å². The molecule has 1 aliphatic rings. The second-order valence-electron chi connectivity index (χ2n) is 7.34. The Labute approximate surface area is 157 Å². The zero-order valence-electron chi connectivity index (χ0n) is 15.6. The number of rotatable bonds is 9. The Morgan fingerprint density at radius 3 is 2.69 bits per heavy atom. The van der Waals surface area contributed by atoms with E-state index in [9.17, 15) is 0 Å². The molecule has 0 saturated carbocycles. The molecule has 0 aromatic heterocycles. The number of unbranched alkanes of at least 4 members (excludes halogenated alkanes) is 1. The molecule has 0 bridgehead atoms. The summed E-state index contributed by atoms with van der Waals surface area (Å²) in [6.07, 6.45) is 6.42. The van der Waals surface area contributed by atoms with Crippen molar-refractivity contribution < 1.29 is 9.84 Å². The summed E-state index contributed by atoms with van der Waals surface area (Å²) in [6, 6.07) is 17.3. The van der Waals surface area contributed by atoms with Crippen LogP contribution < -0.4 is 5.73 Å². The Bertz CT molecular complexity index is 671. The van der Waals surface area contributed by atoms with Gasteiger partial charge in [-0.25, -0.2) is 0 Å². The first-order chi connectivity index (χ1) is 12.8. The Kier molecular flexibility index (Phi) is 7.24. The Morgan fingerprint density at radius 1 is 1.08 bits per heavy atom. The van der Waals surface area contributed by atoms with Crippen molar-refractivity contribution in [3.8, 4) is 0 Å². The molecule has 2 atom stereocenters. The molecule has 0 spiro atoms. The van der Waals surface area contributed by atoms with E-state index in [2.05, 4.69) is 42.5 Å². The molecule has 3 nitrogen and oxygen atoms in total. The molecule has 0 fully saturated rings. The molecule has 1 aliphatic carbocycles. The van der Waals surface area contributed by atoms with Crippen LogP contribution in [0.25, 0.3) is 0 Å². The molecule has 2 aromatic carbocycles. The molecular formula is C23H31NO2. The van der Waals surface area contributed by atoms with Gasteiger partial charge in [0.15, 0.2) is 0 Å². The van der Waals surface area contributed by atoms with Crippen molar-refractivity contribution >= 4 is 0 Å². The third-order valence-corrected chi connectivity index (χ3v) is 5.46. The van der Waals surface area contributed by atoms with Gasteiger partial charge in [0.2, 0.25) is 0 Å². The minimum atomic E-state index is 0.270. The van der Waals surface area contributed by atoms with E-state index in [0.717, 1.165) is 38.5 Å². The predicted molar refractivity (Wildman–Crippen MR) is 106 cm³/mol. The van der Waals surface area contributed by atoms with Crippen LogP contribution in [0.2, 0.25) is 0 Å². The van der Waals surface area contributed by atoms with Crippen LogP contribution in [-0.2, 0) is 24.2 Å². The zero-order valence-corrected chi connectivity index (χ0v) is 15.6. The summed E-state index contributed by atoms with van der Waals surface area (Å²) in [5, 5.41) is 8.98. The lowest BCUT2D eigenvalue weighted by atomic mass is 9.85. The second kappa shape index (κ2) is 9.86. The minimum absolute atomic E-state index is 0.270. The summed E-state index contributed by atoms with van der Waals surface area (Å²) in [4.78, 5) is 0. The molecule has 0 unspecified atom stereocenters. The Hall–Kier alpha value is -1.68. The highest BCUT2D eigenvalue weighted by Crippen LogP contribution is 2.29. The van der Waals surface area contributed by atoms with E-state index in [4.69, 9.17) is 15.6 Å². The summed E-state index contributed by atoms with van der Waals surface area (Å²) in [5.74, 6) is 0.402. The summed E-state index contributed by atoms with van der Waals surface area (Å²) in [6.45, 7) is 1.64. The van der Waals surface area contributed by atoms with Crippen molar-refractivity contribution in [3.05, 3.63) is 70.8 Å². The fourth-order valence-corrected chi connectivity index (χ4v) is 3.85. The molecule has 3 rings (SSSR count). The highest BCUT2D eigenvalue weighted by Gasteiger charge is 2.20. The fraction of sp³-hybridized carbons (Fsp3) is 0.478. The number of hydrogen-bond donors (Lipinski definition) is 2. The van der Waals surface area contributed by atoms with Gasteiger partial charge in [-0.2, -0.15) is 0 Å². The van der Waals surface area contributed by atoms with Crippen molar-refractivity contribution in [3.63, 3.8) is 0 Å². The normalized spacial score (nSPS) is 17.7. The average Bonchev–Trinajstić information content (AvgIpc) is 2.70. The average molecular weight is 354 g/mol. The quantitative estimate of drug-likeness (QED) is 0.671. The topological polar surface area (TPSA) is 55.5 Å². The van der Waals surface area contributed by atoms with Crippen molar-refractivity contribution in [1.29, 1.82) is 0 Å². The lowest BCUT2D eigenvalue weighted by Crippen LogP contribution is -2.23. The van der Waals surface area contributed by atoms with Crippen LogP contribution >= 0.6 is 0 Å². The van der Waals surface area contributed by atoms with Gasteiger partial charge in [-0.05, 0) is 66.8 Å². The minimum Gasteiger partial charge on any atom is -0.396 e. The number of fused-ring (bicyclic) bond motifs is 1. The SMILES string of the molecule is NC[C@H](CCCCO)c1ccc2c(c1)CC[C@@H](OCc1ccccc1)C2. The maximum Gasteiger partial charge on any atom is 0.0720 e. The number of nitrogens with two attached hydrogens (primary N) is 1. The molecule has 0 amide bonds. The third kappa shape index (κ3) is 5.16. The third-order valence-electron chi connectivity index (χ3n) is 5.46. The number of hydrogen-bond acceptors (Lipinski definition) is 3. The Morgan fingerprint density at radius 2 is 1.92 bits per heavy atom. The number of aliphatic hydroxyl groups excluding tert-OH is 1. The van der Waals surface area contributed by atoms with E-state index in [1.54, 1.807) is 0 Å². The molecule has 0 aliphatic heterocycles. The van der Waals surface area contributed by atoms with Crippen LogP contribution in [-0.4, -0.2) is 24.4 Å². The molecule has 2 aromatic rings. The zero-order chi connectivity index (χ0) is 18.2. The smallest absolute Gasteiger partial charge is 0.0720 e. The highest BCUT2D eigenvalue weighted by atomic mass is 16.5. The van der Waals surface area contributed by atoms with Crippen LogP contribution in [0.5, 0.6) is 0 Å². The molecule has 0 radical (unpaired) electrons. The van der Waals surface area contributed by atoms with Crippen molar-refractivity contribution in [2.45, 2.75) is 57.2 Å². The van der Waals surface area contributed by atoms with Crippen LogP contribution in [0.4, 0.5) is 0 Å². The summed E-state index contributed by atoms with van der Waals surface area (Å²) < 4.78 is 6.15. The molecule has 26 heavy (non-hydrogen) atoms. The van der Waals surface area contributed by atoms with Gasteiger partial charge in [0.05, 0.1) is 12.7 Å². The van der Waals surface area contributed by atoms with Gasteiger partial charge in [0, 0.05) is 6.61 Å². The number of aliphatic hydroxyl groups is 1. The van der Waals surface area contributed by atoms with Gasteiger partial charge in [-0.3, -0.25) is 0 Å². The molecule has 3 N–H and O–H groups in total. The van der Waals surface area contributed by atoms with Gasteiger partial charge in [0.1, 0.15) is 0 Å². The number of ether oxygens (including phenoxy) is 1. The molecule has 0 saturated heterocycles. The maximum absolute atomic E-state index is 8.98. The Balaban J connectivity index is 1.58. The molecular weight excluding hydrogens is 322 g/mol. The van der Waals surface area contributed by atoms with Crippen LogP contribution in [0.3, 0.4) is 0 Å². The number of aryl methyl sites for hydroxylation is 1. The first kappa shape index (κ1) is 19.1. The van der Waals surface area contributed by atoms with Crippen LogP contribution in [0.1, 0.15) is 53.9 Å². The van der Waals surface area contributed by atoms with Gasteiger partial charge < -0.3 is 15.6 Å². The standard InChI is InChI=1S/C23H31NO2/c24-16-22(8-4-5-13-25)20-9-10-21-15-23(12-11-19(21)14-20)26-17-18-6-2-1-3-7-18/h1-3,6-7,9-10,14,22-23,25H,4-5,8,11-13,15-17,24H2/t22-,23+/m0/s1. The first-order valence-electron chi connectivity index (χ1n) is 9.88. The lowest BCUT2D eigenvalue weighted by Gasteiger charge is -2.26. The van der Waals surface area contributed by atoms with E-state index in [1.807, 2.05) is 6.07 Å². The van der Waals surface area contributed by atoms with E-state index in [1.165, 1.54) is 22.3 Å².